The maximum Gasteiger partial charge on any atom is 0.387 e. The largest absolute Gasteiger partial charge is 0.435 e. The van der Waals surface area contributed by atoms with E-state index in [1.807, 2.05) is 6.92 Å². The molecular weight excluding hydrogens is 288 g/mol. The van der Waals surface area contributed by atoms with E-state index in [0.29, 0.717) is 13.0 Å². The van der Waals surface area contributed by atoms with Crippen molar-refractivity contribution in [3.05, 3.63) is 29.8 Å². The van der Waals surface area contributed by atoms with Gasteiger partial charge < -0.3 is 10.1 Å². The van der Waals surface area contributed by atoms with E-state index in [9.17, 15) is 17.2 Å². The topological polar surface area (TPSA) is 55.4 Å². The molecule has 0 aliphatic carbocycles. The van der Waals surface area contributed by atoms with Crippen molar-refractivity contribution in [2.75, 3.05) is 18.6 Å². The van der Waals surface area contributed by atoms with Crippen LogP contribution in [0.5, 0.6) is 5.75 Å². The minimum Gasteiger partial charge on any atom is -0.435 e. The van der Waals surface area contributed by atoms with E-state index < -0.39 is 16.4 Å². The van der Waals surface area contributed by atoms with Crippen molar-refractivity contribution in [1.29, 1.82) is 0 Å². The molecule has 0 amide bonds. The summed E-state index contributed by atoms with van der Waals surface area (Å²) in [6.07, 6.45) is 1.71. The summed E-state index contributed by atoms with van der Waals surface area (Å²) in [5, 5.41) is 3.14. The Hall–Kier alpha value is -1.21. The lowest BCUT2D eigenvalue weighted by molar-refractivity contribution is -0.0499. The molecule has 20 heavy (non-hydrogen) atoms. The normalized spacial score (nSPS) is 13.4. The zero-order chi connectivity index (χ0) is 15.2. The number of hydrogen-bond acceptors (Lipinski definition) is 4. The van der Waals surface area contributed by atoms with E-state index in [4.69, 9.17) is 0 Å². The van der Waals surface area contributed by atoms with Crippen molar-refractivity contribution in [1.82, 2.24) is 5.32 Å². The molecule has 0 saturated carbocycles. The SMILES string of the molecule is CC(NCCCS(C)(=O)=O)c1cccc(OC(F)F)c1. The molecule has 1 aromatic rings. The zero-order valence-electron chi connectivity index (χ0n) is 11.5. The fourth-order valence-corrected chi connectivity index (χ4v) is 2.40. The molecule has 1 rings (SSSR count). The molecule has 0 fully saturated rings. The van der Waals surface area contributed by atoms with Crippen LogP contribution in [0.1, 0.15) is 24.9 Å². The number of nitrogens with one attached hydrogen (secondary N) is 1. The summed E-state index contributed by atoms with van der Waals surface area (Å²) >= 11 is 0. The molecule has 1 atom stereocenters. The lowest BCUT2D eigenvalue weighted by atomic mass is 10.1. The average molecular weight is 307 g/mol. The fraction of sp³-hybridized carbons (Fsp3) is 0.538. The third kappa shape index (κ3) is 6.81. The van der Waals surface area contributed by atoms with Gasteiger partial charge in [-0.2, -0.15) is 8.78 Å². The summed E-state index contributed by atoms with van der Waals surface area (Å²) in [5.41, 5.74) is 0.808. The lowest BCUT2D eigenvalue weighted by Gasteiger charge is -2.15. The standard InChI is InChI=1S/C13H19F2NO3S/c1-10(16-7-4-8-20(2,17)18)11-5-3-6-12(9-11)19-13(14)15/h3,5-6,9-10,13,16H,4,7-8H2,1-2H3. The number of halogens is 2. The van der Waals surface area contributed by atoms with Gasteiger partial charge >= 0.3 is 6.61 Å². The van der Waals surface area contributed by atoms with E-state index in [2.05, 4.69) is 10.1 Å². The summed E-state index contributed by atoms with van der Waals surface area (Å²) in [4.78, 5) is 0. The Morgan fingerprint density at radius 3 is 2.65 bits per heavy atom. The van der Waals surface area contributed by atoms with Crippen LogP contribution >= 0.6 is 0 Å². The minimum atomic E-state index is -2.95. The zero-order valence-corrected chi connectivity index (χ0v) is 12.3. The van der Waals surface area contributed by atoms with Crippen molar-refractivity contribution >= 4 is 9.84 Å². The van der Waals surface area contributed by atoms with Gasteiger partial charge in [0.2, 0.25) is 0 Å². The highest BCUT2D eigenvalue weighted by Gasteiger charge is 2.09. The van der Waals surface area contributed by atoms with Gasteiger partial charge in [-0.1, -0.05) is 12.1 Å². The number of benzene rings is 1. The molecule has 114 valence electrons. The second kappa shape index (κ2) is 7.54. The molecule has 0 saturated heterocycles. The van der Waals surface area contributed by atoms with Crippen LogP contribution in [0, 0.1) is 0 Å². The molecule has 0 aromatic heterocycles. The van der Waals surface area contributed by atoms with Crippen LogP contribution in [0.2, 0.25) is 0 Å². The Bertz CT molecular complexity index is 520. The van der Waals surface area contributed by atoms with Gasteiger partial charge in [0.1, 0.15) is 15.6 Å². The van der Waals surface area contributed by atoms with Crippen LogP contribution in [0.4, 0.5) is 8.78 Å². The summed E-state index contributed by atoms with van der Waals surface area (Å²) < 4.78 is 50.5. The van der Waals surface area contributed by atoms with Crippen LogP contribution in [-0.4, -0.2) is 33.6 Å². The van der Waals surface area contributed by atoms with E-state index in [1.165, 1.54) is 12.3 Å². The maximum atomic E-state index is 12.1. The van der Waals surface area contributed by atoms with Gasteiger partial charge in [-0.25, -0.2) is 8.42 Å². The summed E-state index contributed by atoms with van der Waals surface area (Å²) in [6.45, 7) is -0.431. The molecule has 1 unspecified atom stereocenters. The van der Waals surface area contributed by atoms with E-state index in [1.54, 1.807) is 18.2 Å². The van der Waals surface area contributed by atoms with Crippen molar-refractivity contribution in [3.63, 3.8) is 0 Å². The molecular formula is C13H19F2NO3S. The molecule has 4 nitrogen and oxygen atoms in total. The van der Waals surface area contributed by atoms with Crippen LogP contribution < -0.4 is 10.1 Å². The van der Waals surface area contributed by atoms with Gasteiger partial charge in [-0.05, 0) is 37.6 Å². The molecule has 0 aliphatic heterocycles. The molecule has 0 heterocycles. The highest BCUT2D eigenvalue weighted by atomic mass is 32.2. The molecule has 0 aliphatic rings. The van der Waals surface area contributed by atoms with Crippen molar-refractivity contribution in [3.8, 4) is 5.75 Å². The average Bonchev–Trinajstić information content (AvgIpc) is 2.32. The van der Waals surface area contributed by atoms with Crippen LogP contribution in [-0.2, 0) is 9.84 Å². The summed E-state index contributed by atoms with van der Waals surface area (Å²) in [6, 6.07) is 6.37. The third-order valence-electron chi connectivity index (χ3n) is 2.73. The van der Waals surface area contributed by atoms with E-state index >= 15 is 0 Å². The van der Waals surface area contributed by atoms with Crippen LogP contribution in [0.25, 0.3) is 0 Å². The molecule has 1 aromatic carbocycles. The van der Waals surface area contributed by atoms with E-state index in [0.717, 1.165) is 5.56 Å². The Morgan fingerprint density at radius 2 is 2.05 bits per heavy atom. The van der Waals surface area contributed by atoms with Gasteiger partial charge in [0, 0.05) is 12.3 Å². The second-order valence-electron chi connectivity index (χ2n) is 4.61. The Balaban J connectivity index is 2.48. The summed E-state index contributed by atoms with van der Waals surface area (Å²) in [5.74, 6) is 0.239. The van der Waals surface area contributed by atoms with Crippen molar-refractivity contribution in [2.45, 2.75) is 26.0 Å². The number of sulfone groups is 1. The molecule has 0 bridgehead atoms. The smallest absolute Gasteiger partial charge is 0.387 e. The number of rotatable bonds is 8. The quantitative estimate of drug-likeness (QED) is 0.749. The predicted molar refractivity (Wildman–Crippen MR) is 73.8 cm³/mol. The first kappa shape index (κ1) is 16.8. The molecule has 1 N–H and O–H groups in total. The predicted octanol–water partition coefficient (Wildman–Crippen LogP) is 2.37. The van der Waals surface area contributed by atoms with Gasteiger partial charge in [0.25, 0.3) is 0 Å². The number of alkyl halides is 2. The lowest BCUT2D eigenvalue weighted by Crippen LogP contribution is -2.22. The number of hydrogen-bond donors (Lipinski definition) is 1. The Labute approximate surface area is 118 Å². The van der Waals surface area contributed by atoms with Crippen LogP contribution in [0.15, 0.2) is 24.3 Å². The van der Waals surface area contributed by atoms with Gasteiger partial charge in [0.05, 0.1) is 5.75 Å². The maximum absolute atomic E-state index is 12.1. The summed E-state index contributed by atoms with van der Waals surface area (Å²) in [7, 11) is -2.95. The highest BCUT2D eigenvalue weighted by molar-refractivity contribution is 7.90. The second-order valence-corrected chi connectivity index (χ2v) is 6.87. The molecule has 0 radical (unpaired) electrons. The third-order valence-corrected chi connectivity index (χ3v) is 3.76. The Morgan fingerprint density at radius 1 is 1.35 bits per heavy atom. The highest BCUT2D eigenvalue weighted by Crippen LogP contribution is 2.20. The van der Waals surface area contributed by atoms with Gasteiger partial charge in [-0.15, -0.1) is 0 Å². The number of ether oxygens (including phenoxy) is 1. The fourth-order valence-electron chi connectivity index (χ4n) is 1.73. The Kier molecular flexibility index (Phi) is 6.35. The first-order chi connectivity index (χ1) is 9.28. The first-order valence-corrected chi connectivity index (χ1v) is 8.30. The first-order valence-electron chi connectivity index (χ1n) is 6.24. The monoisotopic (exact) mass is 307 g/mol. The minimum absolute atomic E-state index is 0.0733. The van der Waals surface area contributed by atoms with E-state index in [-0.39, 0.29) is 17.5 Å². The van der Waals surface area contributed by atoms with Crippen LogP contribution in [0.3, 0.4) is 0 Å². The van der Waals surface area contributed by atoms with Crippen molar-refractivity contribution < 1.29 is 21.9 Å². The van der Waals surface area contributed by atoms with Gasteiger partial charge in [0.15, 0.2) is 0 Å². The van der Waals surface area contributed by atoms with Gasteiger partial charge in [-0.3, -0.25) is 0 Å². The molecule has 7 heteroatoms. The van der Waals surface area contributed by atoms with Crippen molar-refractivity contribution in [2.24, 2.45) is 0 Å². The molecule has 0 spiro atoms.